The fourth-order valence-electron chi connectivity index (χ4n) is 4.39. The first-order valence-corrected chi connectivity index (χ1v) is 11.4. The minimum absolute atomic E-state index is 0.0247. The molecular formula is C23H29N3O2S. The third-order valence-corrected chi connectivity index (χ3v) is 7.17. The number of aryl methyl sites for hydroxylation is 2. The standard InChI is InChI=1S/C23H29N3O2S/c1-15-7-5-9-17(13-15)24-22(28)21-18-10-6-11-19(18)29-23(21)25-20(27)14-26-12-4-3-8-16(26)2/h5,7,9,13,16H,3-4,6,8,10-12,14H2,1-2H3,(H,24,28)(H,25,27)/t16-/m1/s1. The molecule has 154 valence electrons. The summed E-state index contributed by atoms with van der Waals surface area (Å²) in [5, 5.41) is 6.79. The predicted octanol–water partition coefficient (Wildman–Crippen LogP) is 4.61. The van der Waals surface area contributed by atoms with Crippen molar-refractivity contribution in [3.63, 3.8) is 0 Å². The summed E-state index contributed by atoms with van der Waals surface area (Å²) in [6.07, 6.45) is 6.50. The molecule has 0 spiro atoms. The second-order valence-electron chi connectivity index (χ2n) is 8.25. The van der Waals surface area contributed by atoms with Crippen LogP contribution in [0.2, 0.25) is 0 Å². The first kappa shape index (κ1) is 20.1. The van der Waals surface area contributed by atoms with Gasteiger partial charge in [-0.25, -0.2) is 0 Å². The molecule has 1 atom stereocenters. The van der Waals surface area contributed by atoms with E-state index in [1.165, 1.54) is 11.3 Å². The summed E-state index contributed by atoms with van der Waals surface area (Å²) in [5.41, 5.74) is 3.65. The number of carbonyl (C=O) groups is 2. The lowest BCUT2D eigenvalue weighted by atomic mass is 10.0. The lowest BCUT2D eigenvalue weighted by Gasteiger charge is -2.32. The van der Waals surface area contributed by atoms with Crippen molar-refractivity contribution in [2.24, 2.45) is 0 Å². The Morgan fingerprint density at radius 3 is 2.83 bits per heavy atom. The van der Waals surface area contributed by atoms with Crippen molar-refractivity contribution in [1.29, 1.82) is 0 Å². The van der Waals surface area contributed by atoms with Crippen LogP contribution >= 0.6 is 11.3 Å². The molecule has 0 saturated carbocycles. The number of nitrogens with zero attached hydrogens (tertiary/aromatic N) is 1. The molecule has 2 aliphatic rings. The summed E-state index contributed by atoms with van der Waals surface area (Å²) >= 11 is 1.57. The molecule has 1 aliphatic heterocycles. The topological polar surface area (TPSA) is 61.4 Å². The molecule has 4 rings (SSSR count). The van der Waals surface area contributed by atoms with E-state index in [1.54, 1.807) is 11.3 Å². The molecule has 2 heterocycles. The second kappa shape index (κ2) is 8.67. The zero-order valence-electron chi connectivity index (χ0n) is 17.2. The van der Waals surface area contributed by atoms with E-state index in [2.05, 4.69) is 22.5 Å². The van der Waals surface area contributed by atoms with Crippen molar-refractivity contribution in [3.05, 3.63) is 45.8 Å². The average molecular weight is 412 g/mol. The zero-order valence-corrected chi connectivity index (χ0v) is 18.0. The third-order valence-electron chi connectivity index (χ3n) is 5.96. The molecule has 6 heteroatoms. The van der Waals surface area contributed by atoms with Gasteiger partial charge in [-0.05, 0) is 75.8 Å². The number of piperidine rings is 1. The highest BCUT2D eigenvalue weighted by atomic mass is 32.1. The zero-order chi connectivity index (χ0) is 20.4. The van der Waals surface area contributed by atoms with E-state index in [4.69, 9.17) is 0 Å². The Balaban J connectivity index is 1.51. The van der Waals surface area contributed by atoms with Crippen LogP contribution in [0.1, 0.15) is 59.0 Å². The van der Waals surface area contributed by atoms with Gasteiger partial charge in [0, 0.05) is 16.6 Å². The number of likely N-dealkylation sites (tertiary alicyclic amines) is 1. The number of hydrogen-bond donors (Lipinski definition) is 2. The van der Waals surface area contributed by atoms with Gasteiger partial charge in [0.1, 0.15) is 5.00 Å². The number of hydrogen-bond acceptors (Lipinski definition) is 4. The van der Waals surface area contributed by atoms with Crippen molar-refractivity contribution in [1.82, 2.24) is 4.90 Å². The van der Waals surface area contributed by atoms with Crippen molar-refractivity contribution in [3.8, 4) is 0 Å². The maximum Gasteiger partial charge on any atom is 0.258 e. The number of fused-ring (bicyclic) bond motifs is 1. The molecule has 1 aromatic heterocycles. The number of amides is 2. The Kier molecular flexibility index (Phi) is 6.01. The average Bonchev–Trinajstić information content (AvgIpc) is 3.24. The largest absolute Gasteiger partial charge is 0.322 e. The van der Waals surface area contributed by atoms with Gasteiger partial charge in [0.15, 0.2) is 0 Å². The summed E-state index contributed by atoms with van der Waals surface area (Å²) in [4.78, 5) is 29.4. The third kappa shape index (κ3) is 4.54. The summed E-state index contributed by atoms with van der Waals surface area (Å²) in [6, 6.07) is 8.23. The van der Waals surface area contributed by atoms with Crippen molar-refractivity contribution in [2.75, 3.05) is 23.7 Å². The second-order valence-corrected chi connectivity index (χ2v) is 9.35. The van der Waals surface area contributed by atoms with Gasteiger partial charge in [-0.15, -0.1) is 11.3 Å². The van der Waals surface area contributed by atoms with Gasteiger partial charge in [-0.2, -0.15) is 0 Å². The van der Waals surface area contributed by atoms with Crippen LogP contribution in [0.5, 0.6) is 0 Å². The van der Waals surface area contributed by atoms with Crippen molar-refractivity contribution < 1.29 is 9.59 Å². The highest BCUT2D eigenvalue weighted by Crippen LogP contribution is 2.39. The van der Waals surface area contributed by atoms with Gasteiger partial charge < -0.3 is 10.6 Å². The number of carbonyl (C=O) groups excluding carboxylic acids is 2. The minimum Gasteiger partial charge on any atom is -0.322 e. The monoisotopic (exact) mass is 411 g/mol. The van der Waals surface area contributed by atoms with E-state index in [0.29, 0.717) is 23.2 Å². The number of benzene rings is 1. The summed E-state index contributed by atoms with van der Waals surface area (Å²) < 4.78 is 0. The van der Waals surface area contributed by atoms with Crippen LogP contribution in [-0.2, 0) is 17.6 Å². The quantitative estimate of drug-likeness (QED) is 0.755. The SMILES string of the molecule is Cc1cccc(NC(=O)c2c(NC(=O)CN3CCCC[C@H]3C)sc3c2CCC3)c1. The van der Waals surface area contributed by atoms with Gasteiger partial charge in [-0.3, -0.25) is 14.5 Å². The molecule has 0 bridgehead atoms. The maximum atomic E-state index is 13.1. The lowest BCUT2D eigenvalue weighted by molar-refractivity contribution is -0.118. The van der Waals surface area contributed by atoms with Gasteiger partial charge >= 0.3 is 0 Å². The molecule has 2 N–H and O–H groups in total. The van der Waals surface area contributed by atoms with Crippen LogP contribution in [0.4, 0.5) is 10.7 Å². The van der Waals surface area contributed by atoms with Gasteiger partial charge in [0.05, 0.1) is 12.1 Å². The molecule has 2 aromatic rings. The highest BCUT2D eigenvalue weighted by molar-refractivity contribution is 7.17. The van der Waals surface area contributed by atoms with Crippen LogP contribution in [0.3, 0.4) is 0 Å². The van der Waals surface area contributed by atoms with Crippen molar-refractivity contribution in [2.45, 2.75) is 58.4 Å². The van der Waals surface area contributed by atoms with Crippen LogP contribution in [0.25, 0.3) is 0 Å². The fourth-order valence-corrected chi connectivity index (χ4v) is 5.70. The Hall–Kier alpha value is -2.18. The molecule has 1 saturated heterocycles. The molecular weight excluding hydrogens is 382 g/mol. The first-order chi connectivity index (χ1) is 14.0. The van der Waals surface area contributed by atoms with Crippen LogP contribution in [0.15, 0.2) is 24.3 Å². The number of nitrogens with one attached hydrogen (secondary N) is 2. The van der Waals surface area contributed by atoms with Gasteiger partial charge in [0.2, 0.25) is 5.91 Å². The van der Waals surface area contributed by atoms with E-state index in [-0.39, 0.29) is 11.8 Å². The Morgan fingerprint density at radius 1 is 1.17 bits per heavy atom. The predicted molar refractivity (Wildman–Crippen MR) is 119 cm³/mol. The van der Waals surface area contributed by atoms with E-state index < -0.39 is 0 Å². The summed E-state index contributed by atoms with van der Waals surface area (Å²) in [7, 11) is 0. The summed E-state index contributed by atoms with van der Waals surface area (Å²) in [6.45, 7) is 5.55. The maximum absolute atomic E-state index is 13.1. The molecule has 29 heavy (non-hydrogen) atoms. The van der Waals surface area contributed by atoms with E-state index in [1.807, 2.05) is 31.2 Å². The van der Waals surface area contributed by atoms with Crippen LogP contribution < -0.4 is 10.6 Å². The summed E-state index contributed by atoms with van der Waals surface area (Å²) in [5.74, 6) is -0.153. The lowest BCUT2D eigenvalue weighted by Crippen LogP contribution is -2.42. The number of rotatable bonds is 5. The Bertz CT molecular complexity index is 921. The molecule has 5 nitrogen and oxygen atoms in total. The Labute approximate surface area is 176 Å². The smallest absolute Gasteiger partial charge is 0.258 e. The fraction of sp³-hybridized carbons (Fsp3) is 0.478. The normalized spacial score (nSPS) is 19.0. The van der Waals surface area contributed by atoms with Crippen molar-refractivity contribution >= 4 is 33.8 Å². The first-order valence-electron chi connectivity index (χ1n) is 10.6. The van der Waals surface area contributed by atoms with Crippen LogP contribution in [-0.4, -0.2) is 35.8 Å². The van der Waals surface area contributed by atoms with Crippen LogP contribution in [0, 0.1) is 6.92 Å². The van der Waals surface area contributed by atoms with Gasteiger partial charge in [-0.1, -0.05) is 18.6 Å². The van der Waals surface area contributed by atoms with Gasteiger partial charge in [0.25, 0.3) is 5.91 Å². The minimum atomic E-state index is -0.128. The number of anilines is 2. The molecule has 1 aromatic carbocycles. The highest BCUT2D eigenvalue weighted by Gasteiger charge is 2.28. The van der Waals surface area contributed by atoms with E-state index in [0.717, 1.165) is 55.5 Å². The Morgan fingerprint density at radius 2 is 2.03 bits per heavy atom. The number of thiophene rings is 1. The van der Waals surface area contributed by atoms with E-state index >= 15 is 0 Å². The molecule has 2 amide bonds. The molecule has 1 fully saturated rings. The molecule has 1 aliphatic carbocycles. The molecule has 0 radical (unpaired) electrons. The molecule has 0 unspecified atom stereocenters. The van der Waals surface area contributed by atoms with E-state index in [9.17, 15) is 9.59 Å².